The van der Waals surface area contributed by atoms with Gasteiger partial charge in [-0.2, -0.15) is 0 Å². The molecule has 1 aliphatic rings. The van der Waals surface area contributed by atoms with Gasteiger partial charge in [-0.3, -0.25) is 19.5 Å². The lowest BCUT2D eigenvalue weighted by Gasteiger charge is -2.26. The molecule has 1 aliphatic heterocycles. The van der Waals surface area contributed by atoms with Crippen LogP contribution in [0.3, 0.4) is 0 Å². The van der Waals surface area contributed by atoms with Crippen molar-refractivity contribution in [2.45, 2.75) is 56.3 Å². The van der Waals surface area contributed by atoms with Gasteiger partial charge in [0.05, 0.1) is 40.5 Å². The molecule has 5 aromatic rings. The molecule has 1 atom stereocenters. The van der Waals surface area contributed by atoms with Crippen LogP contribution >= 0.6 is 34.7 Å². The average Bonchev–Trinajstić information content (AvgIpc) is 3.67. The molecule has 6 rings (SSSR count). The highest BCUT2D eigenvalue weighted by molar-refractivity contribution is 7.99. The number of nitrogens with zero attached hydrogens (tertiary/aromatic N) is 6. The predicted octanol–water partition coefficient (Wildman–Crippen LogP) is 6.58. The second kappa shape index (κ2) is 15.5. The van der Waals surface area contributed by atoms with Crippen LogP contribution in [0.2, 0.25) is 5.02 Å². The second-order valence-corrected chi connectivity index (χ2v) is 13.8. The highest BCUT2D eigenvalue weighted by Crippen LogP contribution is 2.36. The van der Waals surface area contributed by atoms with E-state index in [-0.39, 0.29) is 22.4 Å². The number of esters is 1. The molecule has 51 heavy (non-hydrogen) atoms. The Hall–Kier alpha value is -5.05. The van der Waals surface area contributed by atoms with Crippen molar-refractivity contribution in [1.82, 2.24) is 19.3 Å². The zero-order valence-corrected chi connectivity index (χ0v) is 30.6. The van der Waals surface area contributed by atoms with Crippen LogP contribution in [0.1, 0.15) is 50.8 Å². The smallest absolute Gasteiger partial charge is 0.338 e. The minimum atomic E-state index is -0.842. The maximum absolute atomic E-state index is 14.4. The molecule has 0 radical (unpaired) electrons. The van der Waals surface area contributed by atoms with Crippen LogP contribution in [0.4, 0.5) is 5.69 Å². The largest absolute Gasteiger partial charge is 0.497 e. The number of carbonyl (C=O) groups is 1. The number of nitro benzene ring substituents is 1. The molecule has 262 valence electrons. The molecule has 0 saturated heterocycles. The number of fused-ring (bicyclic) bond motifs is 1. The summed E-state index contributed by atoms with van der Waals surface area (Å²) in [7, 11) is 1.55. The van der Waals surface area contributed by atoms with Gasteiger partial charge >= 0.3 is 5.97 Å². The van der Waals surface area contributed by atoms with Crippen molar-refractivity contribution < 1.29 is 19.2 Å². The van der Waals surface area contributed by atoms with Crippen molar-refractivity contribution in [2.75, 3.05) is 13.7 Å². The van der Waals surface area contributed by atoms with E-state index < -0.39 is 22.5 Å². The molecular formula is C36H33ClN6O6S2. The van der Waals surface area contributed by atoms with Crippen LogP contribution in [0.15, 0.2) is 97.8 Å². The highest BCUT2D eigenvalue weighted by Gasteiger charge is 2.34. The number of halogens is 1. The molecule has 0 fully saturated rings. The fourth-order valence-corrected chi connectivity index (χ4v) is 8.01. The van der Waals surface area contributed by atoms with Crippen LogP contribution in [-0.2, 0) is 16.1 Å². The fourth-order valence-electron chi connectivity index (χ4n) is 5.83. The molecule has 12 nitrogen and oxygen atoms in total. The van der Waals surface area contributed by atoms with Crippen LogP contribution in [0, 0.1) is 10.1 Å². The van der Waals surface area contributed by atoms with Crippen molar-refractivity contribution in [3.63, 3.8) is 0 Å². The van der Waals surface area contributed by atoms with E-state index in [0.717, 1.165) is 16.9 Å². The Morgan fingerprint density at radius 1 is 1.10 bits per heavy atom. The maximum atomic E-state index is 14.4. The lowest BCUT2D eigenvalue weighted by atomic mass is 9.94. The number of rotatable bonds is 12. The van der Waals surface area contributed by atoms with E-state index in [2.05, 4.69) is 10.2 Å². The van der Waals surface area contributed by atoms with E-state index in [4.69, 9.17) is 26.1 Å². The number of non-ortho nitro benzene ring substituents is 1. The quantitative estimate of drug-likeness (QED) is 0.0786. The van der Waals surface area contributed by atoms with Crippen LogP contribution in [0.25, 0.3) is 17.5 Å². The number of hydrogen-bond donors (Lipinski definition) is 0. The number of hydrogen-bond acceptors (Lipinski definition) is 11. The number of nitro groups is 1. The van der Waals surface area contributed by atoms with E-state index in [1.54, 1.807) is 56.5 Å². The van der Waals surface area contributed by atoms with Gasteiger partial charge in [-0.1, -0.05) is 60.5 Å². The topological polar surface area (TPSA) is 144 Å². The third kappa shape index (κ3) is 7.25. The van der Waals surface area contributed by atoms with E-state index in [1.165, 1.54) is 28.5 Å². The molecule has 3 aromatic carbocycles. The van der Waals surface area contributed by atoms with Gasteiger partial charge in [0.25, 0.3) is 11.2 Å². The summed E-state index contributed by atoms with van der Waals surface area (Å²) in [5.74, 6) is 0.627. The summed E-state index contributed by atoms with van der Waals surface area (Å²) in [5.41, 5.74) is 2.15. The Kier molecular flexibility index (Phi) is 10.8. The van der Waals surface area contributed by atoms with E-state index in [0.29, 0.717) is 67.7 Å². The number of methoxy groups -OCH3 is 1. The standard InChI is InChI=1S/C36H33ClN6O6S2/c1-5-10-27-30(34(45)49-7-3)31(21-11-9-14-26(19-21)48-4)42-33(44)29(51-35(42)38-27)20-23-18-25(43(46)47)15-16-28(23)50-36-40-39-32(41(36)6-2)22-12-8-13-24(37)17-22/h8-9,11-20,31H,5-7,10H2,1-4H3/b29-20+/t31-/m0/s1. The lowest BCUT2D eigenvalue weighted by molar-refractivity contribution is -0.384. The number of allylic oxidation sites excluding steroid dienone is 1. The molecule has 0 spiro atoms. The summed E-state index contributed by atoms with van der Waals surface area (Å²) < 4.78 is 14.7. The Balaban J connectivity index is 1.52. The average molecular weight is 745 g/mol. The van der Waals surface area contributed by atoms with Crippen molar-refractivity contribution >= 4 is 52.4 Å². The maximum Gasteiger partial charge on any atom is 0.338 e. The first kappa shape index (κ1) is 35.8. The van der Waals surface area contributed by atoms with E-state index in [1.807, 2.05) is 36.6 Å². The minimum Gasteiger partial charge on any atom is -0.497 e. The van der Waals surface area contributed by atoms with Gasteiger partial charge < -0.3 is 14.0 Å². The lowest BCUT2D eigenvalue weighted by Crippen LogP contribution is -2.40. The number of benzene rings is 3. The summed E-state index contributed by atoms with van der Waals surface area (Å²) in [4.78, 5) is 45.2. The minimum absolute atomic E-state index is 0.140. The first-order valence-corrected chi connectivity index (χ1v) is 18.2. The van der Waals surface area contributed by atoms with Crippen molar-refractivity contribution in [2.24, 2.45) is 4.99 Å². The summed E-state index contributed by atoms with van der Waals surface area (Å²) in [5, 5.41) is 21.9. The zero-order chi connectivity index (χ0) is 36.2. The van der Waals surface area contributed by atoms with Gasteiger partial charge in [0.1, 0.15) is 5.75 Å². The SMILES string of the molecule is CCCC1=C(C(=O)OCC)[C@H](c2cccc(OC)c2)n2c(s/c(=C/c3cc([N+](=O)[O-])ccc3Sc3nnc(-c4cccc(Cl)c4)n3CC)c2=O)=N1. The van der Waals surface area contributed by atoms with Crippen LogP contribution in [0.5, 0.6) is 5.75 Å². The molecule has 0 aliphatic carbocycles. The van der Waals surface area contributed by atoms with Gasteiger partial charge in [0, 0.05) is 34.2 Å². The summed E-state index contributed by atoms with van der Waals surface area (Å²) in [6, 6.07) is 18.1. The molecule has 3 heterocycles. The molecule has 0 amide bonds. The third-order valence-electron chi connectivity index (χ3n) is 8.11. The zero-order valence-electron chi connectivity index (χ0n) is 28.2. The predicted molar refractivity (Wildman–Crippen MR) is 196 cm³/mol. The molecule has 2 aromatic heterocycles. The number of aromatic nitrogens is 4. The van der Waals surface area contributed by atoms with Crippen LogP contribution in [-0.4, -0.2) is 43.9 Å². The van der Waals surface area contributed by atoms with Crippen molar-refractivity contribution in [3.05, 3.63) is 124 Å². The van der Waals surface area contributed by atoms with E-state index in [9.17, 15) is 19.7 Å². The number of ether oxygens (including phenoxy) is 2. The third-order valence-corrected chi connectivity index (χ3v) is 10.4. The van der Waals surface area contributed by atoms with Gasteiger partial charge in [-0.15, -0.1) is 10.2 Å². The molecule has 0 saturated carbocycles. The molecular weight excluding hydrogens is 712 g/mol. The summed E-state index contributed by atoms with van der Waals surface area (Å²) in [6.45, 7) is 6.38. The summed E-state index contributed by atoms with van der Waals surface area (Å²) in [6.07, 6.45) is 2.82. The summed E-state index contributed by atoms with van der Waals surface area (Å²) >= 11 is 8.67. The Bertz CT molecular complexity index is 2370. The van der Waals surface area contributed by atoms with Gasteiger partial charge in [-0.05, 0) is 79.6 Å². The first-order valence-electron chi connectivity index (χ1n) is 16.2. The van der Waals surface area contributed by atoms with E-state index >= 15 is 0 Å². The fraction of sp³-hybridized carbons (Fsp3) is 0.250. The molecule has 0 N–H and O–H groups in total. The van der Waals surface area contributed by atoms with Gasteiger partial charge in [-0.25, -0.2) is 9.79 Å². The second-order valence-electron chi connectivity index (χ2n) is 11.3. The molecule has 15 heteroatoms. The van der Waals surface area contributed by atoms with Crippen LogP contribution < -0.4 is 19.6 Å². The van der Waals surface area contributed by atoms with Crippen molar-refractivity contribution in [1.29, 1.82) is 0 Å². The number of thiazole rings is 1. The Labute approximate surface area is 305 Å². The van der Waals surface area contributed by atoms with Gasteiger partial charge in [0.2, 0.25) is 0 Å². The van der Waals surface area contributed by atoms with Gasteiger partial charge in [0.15, 0.2) is 15.8 Å². The monoisotopic (exact) mass is 744 g/mol. The Morgan fingerprint density at radius 2 is 1.90 bits per heavy atom. The van der Waals surface area contributed by atoms with Crippen molar-refractivity contribution in [3.8, 4) is 17.1 Å². The normalized spacial score (nSPS) is 14.3. The molecule has 0 unspecified atom stereocenters. The molecule has 0 bridgehead atoms. The highest BCUT2D eigenvalue weighted by atomic mass is 35.5. The number of carbonyl (C=O) groups excluding carboxylic acids is 1. The Morgan fingerprint density at radius 3 is 2.61 bits per heavy atom. The first-order chi connectivity index (χ1) is 24.7.